The van der Waals surface area contributed by atoms with Gasteiger partial charge in [-0.2, -0.15) is 0 Å². The van der Waals surface area contributed by atoms with Crippen LogP contribution in [-0.4, -0.2) is 32.5 Å². The fraction of sp³-hybridized carbons (Fsp3) is 0.400. The lowest BCUT2D eigenvalue weighted by Crippen LogP contribution is -2.30. The maximum atomic E-state index is 13.2. The molecule has 0 saturated heterocycles. The topological polar surface area (TPSA) is 112 Å². The zero-order valence-corrected chi connectivity index (χ0v) is 20.0. The third-order valence-electron chi connectivity index (χ3n) is 6.70. The van der Waals surface area contributed by atoms with Crippen LogP contribution in [0, 0.1) is 12.3 Å². The summed E-state index contributed by atoms with van der Waals surface area (Å²) in [6.07, 6.45) is 2.67. The Morgan fingerprint density at radius 1 is 1.25 bits per heavy atom. The predicted molar refractivity (Wildman–Crippen MR) is 129 cm³/mol. The number of carbonyl (C=O) groups excluding carboxylic acids is 1. The number of nitrogens with one attached hydrogen (secondary N) is 2. The second-order valence-electron chi connectivity index (χ2n) is 8.98. The molecule has 0 bridgehead atoms. The number of alkyl halides is 3. The summed E-state index contributed by atoms with van der Waals surface area (Å²) in [5, 5.41) is 19.6. The maximum absolute atomic E-state index is 13.2. The molecule has 0 aliphatic heterocycles. The van der Waals surface area contributed by atoms with E-state index in [1.807, 2.05) is 6.08 Å². The third kappa shape index (κ3) is 4.95. The standard InChI is InChI=1S/C25H27F3N4O4/c1-14-21(24(35)32(31(14)2)16-8-4-3-5-9-16)30-23(34)20(29)19-10-6-7-15-13-17(36-25(26,27)28)11-12-18(15)22(19)33/h3-4,11-13,16,29,33H,5-10H2,1-2H3,(H,30,34)/p+1. The molecular formula is C25H28F3N4O4+. The van der Waals surface area contributed by atoms with Crippen molar-refractivity contribution in [3.8, 4) is 5.75 Å². The Morgan fingerprint density at radius 2 is 2.00 bits per heavy atom. The van der Waals surface area contributed by atoms with Gasteiger partial charge in [-0.3, -0.25) is 19.7 Å². The summed E-state index contributed by atoms with van der Waals surface area (Å²) in [4.78, 5) is 26.2. The molecule has 4 rings (SSSR count). The summed E-state index contributed by atoms with van der Waals surface area (Å²) < 4.78 is 45.1. The first-order valence-electron chi connectivity index (χ1n) is 11.6. The highest BCUT2D eigenvalue weighted by molar-refractivity contribution is 6.48. The summed E-state index contributed by atoms with van der Waals surface area (Å²) >= 11 is 0. The monoisotopic (exact) mass is 505 g/mol. The van der Waals surface area contributed by atoms with Crippen LogP contribution in [0.2, 0.25) is 0 Å². The number of halogens is 3. The second-order valence-corrected chi connectivity index (χ2v) is 8.98. The molecule has 2 aromatic rings. The van der Waals surface area contributed by atoms with Gasteiger partial charge in [0.1, 0.15) is 17.1 Å². The number of hydrogen-bond acceptors (Lipinski definition) is 4. The van der Waals surface area contributed by atoms with Crippen molar-refractivity contribution < 1.29 is 27.8 Å². The minimum Gasteiger partial charge on any atom is -0.593 e. The minimum absolute atomic E-state index is 0.0246. The lowest BCUT2D eigenvalue weighted by Gasteiger charge is -2.21. The molecule has 192 valence electrons. The maximum Gasteiger partial charge on any atom is 0.573 e. The van der Waals surface area contributed by atoms with E-state index in [2.05, 4.69) is 16.1 Å². The first kappa shape index (κ1) is 25.3. The lowest BCUT2D eigenvalue weighted by molar-refractivity contribution is -0.274. The van der Waals surface area contributed by atoms with E-state index in [-0.39, 0.29) is 40.8 Å². The van der Waals surface area contributed by atoms with Gasteiger partial charge in [0.25, 0.3) is 17.2 Å². The van der Waals surface area contributed by atoms with E-state index in [0.717, 1.165) is 18.9 Å². The predicted octanol–water partition coefficient (Wildman–Crippen LogP) is 4.11. The van der Waals surface area contributed by atoms with Gasteiger partial charge in [0.15, 0.2) is 0 Å². The van der Waals surface area contributed by atoms with Crippen molar-refractivity contribution in [1.29, 1.82) is 5.41 Å². The normalized spacial score (nSPS) is 18.0. The first-order chi connectivity index (χ1) is 17.0. The summed E-state index contributed by atoms with van der Waals surface area (Å²) in [7, 11) is 1.75. The number of rotatable bonds is 5. The average Bonchev–Trinajstić information content (AvgIpc) is 2.94. The van der Waals surface area contributed by atoms with Crippen molar-refractivity contribution in [2.75, 3.05) is 5.32 Å². The molecule has 4 N–H and O–H groups in total. The van der Waals surface area contributed by atoms with Crippen molar-refractivity contribution in [3.63, 3.8) is 0 Å². The Morgan fingerprint density at radius 3 is 2.67 bits per heavy atom. The number of allylic oxidation sites excluding steroid dienone is 2. The lowest BCUT2D eigenvalue weighted by atomic mass is 10.0. The second kappa shape index (κ2) is 9.71. The van der Waals surface area contributed by atoms with E-state index in [0.29, 0.717) is 36.1 Å². The van der Waals surface area contributed by atoms with Gasteiger partial charge in [-0.1, -0.05) is 12.2 Å². The zero-order chi connectivity index (χ0) is 26.2. The van der Waals surface area contributed by atoms with Gasteiger partial charge in [-0.25, -0.2) is 4.68 Å². The molecule has 2 aliphatic carbocycles. The van der Waals surface area contributed by atoms with Gasteiger partial charge >= 0.3 is 6.36 Å². The quantitative estimate of drug-likeness (QED) is 0.362. The molecular weight excluding hydrogens is 477 g/mol. The summed E-state index contributed by atoms with van der Waals surface area (Å²) in [6, 6.07) is 3.67. The van der Waals surface area contributed by atoms with Crippen LogP contribution in [0.4, 0.5) is 18.9 Å². The van der Waals surface area contributed by atoms with E-state index >= 15 is 0 Å². The fourth-order valence-electron chi connectivity index (χ4n) is 4.81. The van der Waals surface area contributed by atoms with Crippen LogP contribution < -0.4 is 15.6 Å². The van der Waals surface area contributed by atoms with Crippen LogP contribution in [0.5, 0.6) is 5.75 Å². The molecule has 1 aromatic carbocycles. The van der Waals surface area contributed by atoms with Crippen LogP contribution in [0.25, 0.3) is 5.76 Å². The number of aromatic nitrogens is 2. The number of amides is 1. The SMILES string of the molecule is Cc1c(NC(=O)C(=N)C2=C([OH2+])c3ccc(OC(F)(F)F)cc3CCC2)c(=O)n(C2CC=CCC2)n1C. The van der Waals surface area contributed by atoms with Gasteiger partial charge in [0.05, 0.1) is 22.9 Å². The van der Waals surface area contributed by atoms with Crippen LogP contribution in [-0.2, 0) is 18.3 Å². The molecule has 36 heavy (non-hydrogen) atoms. The number of aryl methyl sites for hydroxylation is 1. The molecule has 1 amide bonds. The molecule has 2 aliphatic rings. The summed E-state index contributed by atoms with van der Waals surface area (Å²) in [6.45, 7) is 1.72. The molecule has 11 heteroatoms. The third-order valence-corrected chi connectivity index (χ3v) is 6.70. The highest BCUT2D eigenvalue weighted by Crippen LogP contribution is 2.33. The van der Waals surface area contributed by atoms with E-state index in [9.17, 15) is 22.8 Å². The molecule has 1 unspecified atom stereocenters. The Hall–Kier alpha value is -3.76. The van der Waals surface area contributed by atoms with Crippen molar-refractivity contribution in [2.24, 2.45) is 7.05 Å². The van der Waals surface area contributed by atoms with E-state index < -0.39 is 18.0 Å². The molecule has 1 atom stereocenters. The Bertz CT molecular complexity index is 1330. The highest BCUT2D eigenvalue weighted by atomic mass is 19.4. The van der Waals surface area contributed by atoms with E-state index in [4.69, 9.17) is 10.5 Å². The number of nitrogens with zero attached hydrogens (tertiary/aromatic N) is 2. The van der Waals surface area contributed by atoms with Crippen LogP contribution in [0.1, 0.15) is 55.0 Å². The van der Waals surface area contributed by atoms with Crippen molar-refractivity contribution in [1.82, 2.24) is 9.36 Å². The first-order valence-corrected chi connectivity index (χ1v) is 11.6. The fourth-order valence-corrected chi connectivity index (χ4v) is 4.81. The van der Waals surface area contributed by atoms with E-state index in [1.165, 1.54) is 12.1 Å². The number of ether oxygens (including phenoxy) is 1. The Labute approximate surface area is 205 Å². The van der Waals surface area contributed by atoms with Crippen LogP contribution >= 0.6 is 0 Å². The van der Waals surface area contributed by atoms with Gasteiger partial charge in [-0.15, -0.1) is 13.2 Å². The molecule has 0 fully saturated rings. The Balaban J connectivity index is 1.60. The number of carbonyl (C=O) groups is 1. The molecule has 1 heterocycles. The number of anilines is 1. The van der Waals surface area contributed by atoms with Crippen LogP contribution in [0.3, 0.4) is 0 Å². The molecule has 0 spiro atoms. The van der Waals surface area contributed by atoms with Crippen molar-refractivity contribution in [3.05, 3.63) is 63.1 Å². The van der Waals surface area contributed by atoms with Crippen LogP contribution in [0.15, 0.2) is 40.7 Å². The zero-order valence-electron chi connectivity index (χ0n) is 20.0. The number of fused-ring (bicyclic) bond motifs is 1. The molecule has 1 aromatic heterocycles. The van der Waals surface area contributed by atoms with Gasteiger partial charge in [0.2, 0.25) is 0 Å². The number of benzene rings is 1. The van der Waals surface area contributed by atoms with E-state index in [1.54, 1.807) is 23.3 Å². The van der Waals surface area contributed by atoms with Crippen molar-refractivity contribution >= 4 is 23.1 Å². The van der Waals surface area contributed by atoms with Gasteiger partial charge in [0, 0.05) is 7.05 Å². The highest BCUT2D eigenvalue weighted by Gasteiger charge is 2.33. The molecule has 8 nitrogen and oxygen atoms in total. The molecule has 0 radical (unpaired) electrons. The van der Waals surface area contributed by atoms with Gasteiger partial charge < -0.3 is 15.2 Å². The smallest absolute Gasteiger partial charge is 0.573 e. The summed E-state index contributed by atoms with van der Waals surface area (Å²) in [5.41, 5.74) is 0.850. The largest absolute Gasteiger partial charge is 0.593 e. The average molecular weight is 506 g/mol. The summed E-state index contributed by atoms with van der Waals surface area (Å²) in [5.74, 6) is -1.29. The van der Waals surface area contributed by atoms with Gasteiger partial charge in [-0.05, 0) is 69.2 Å². The minimum atomic E-state index is -4.83. The Kier molecular flexibility index (Phi) is 6.83. The van der Waals surface area contributed by atoms with Crippen molar-refractivity contribution in [2.45, 2.75) is 57.9 Å². The molecule has 0 saturated carbocycles. The number of hydrogen-bond donors (Lipinski definition) is 2.